The molecule has 5 rings (SSSR count). The Morgan fingerprint density at radius 1 is 0.652 bits per heavy atom. The van der Waals surface area contributed by atoms with Crippen molar-refractivity contribution >= 4 is 29.7 Å². The Morgan fingerprint density at radius 2 is 1.11 bits per heavy atom. The number of ketones is 1. The van der Waals surface area contributed by atoms with Crippen LogP contribution in [0.2, 0.25) is 0 Å². The van der Waals surface area contributed by atoms with Gasteiger partial charge >= 0.3 is 23.9 Å². The molecule has 0 aromatic rings. The molecule has 10 heteroatoms. The molecular formula is C36H54O10. The monoisotopic (exact) mass is 646 g/mol. The van der Waals surface area contributed by atoms with E-state index in [1.165, 1.54) is 30.4 Å². The van der Waals surface area contributed by atoms with Gasteiger partial charge < -0.3 is 23.7 Å². The van der Waals surface area contributed by atoms with Gasteiger partial charge in [0, 0.05) is 31.5 Å². The highest BCUT2D eigenvalue weighted by Crippen LogP contribution is 2.51. The lowest BCUT2D eigenvalue weighted by molar-refractivity contribution is -0.154. The van der Waals surface area contributed by atoms with E-state index in [-0.39, 0.29) is 44.3 Å². The van der Waals surface area contributed by atoms with E-state index in [2.05, 4.69) is 35.5 Å². The first kappa shape index (κ1) is 38.9. The molecule has 0 aromatic heterocycles. The quantitative estimate of drug-likeness (QED) is 0.0694. The fourth-order valence-corrected chi connectivity index (χ4v) is 6.07. The maximum absolute atomic E-state index is 12.0. The number of ether oxygens (including phenoxy) is 5. The average molecular weight is 647 g/mol. The largest absolute Gasteiger partial charge is 0.466 e. The first-order valence-corrected chi connectivity index (χ1v) is 17.0. The lowest BCUT2D eigenvalue weighted by atomic mass is 9.69. The minimum absolute atomic E-state index is 0.128. The Labute approximate surface area is 274 Å². The molecule has 4 aliphatic carbocycles. The minimum Gasteiger partial charge on any atom is -0.466 e. The Balaban J connectivity index is 0.000000238. The third kappa shape index (κ3) is 11.8. The Kier molecular flexibility index (Phi) is 17.6. The van der Waals surface area contributed by atoms with Crippen LogP contribution in [0, 0.1) is 23.7 Å². The number of carbonyl (C=O) groups excluding carboxylic acids is 5. The summed E-state index contributed by atoms with van der Waals surface area (Å²) in [7, 11) is 0. The van der Waals surface area contributed by atoms with Crippen LogP contribution in [0.3, 0.4) is 0 Å². The van der Waals surface area contributed by atoms with Crippen LogP contribution >= 0.6 is 0 Å². The first-order valence-electron chi connectivity index (χ1n) is 17.0. The van der Waals surface area contributed by atoms with Gasteiger partial charge in [0.05, 0.1) is 26.4 Å². The summed E-state index contributed by atoms with van der Waals surface area (Å²) < 4.78 is 24.0. The Bertz CT molecular complexity index is 1100. The zero-order valence-corrected chi connectivity index (χ0v) is 28.7. The summed E-state index contributed by atoms with van der Waals surface area (Å²) in [6, 6.07) is 0. The second kappa shape index (κ2) is 20.8. The first-order chi connectivity index (χ1) is 22.1. The lowest BCUT2D eigenvalue weighted by Gasteiger charge is -2.35. The molecule has 10 nitrogen and oxygen atoms in total. The number of Topliss-reactive ketones (excluding diaryl/α,β-unsaturated/α-hetero) is 1. The van der Waals surface area contributed by atoms with Crippen LogP contribution < -0.4 is 0 Å². The average Bonchev–Trinajstić information content (AvgIpc) is 3.77. The van der Waals surface area contributed by atoms with E-state index in [4.69, 9.17) is 14.2 Å². The molecule has 258 valence electrons. The number of carbonyl (C=O) groups is 5. The fraction of sp³-hybridized carbons (Fsp3) is 0.694. The SMILES string of the molecule is C1CCOC1.CCC1=C[C@H]2C(=O)C[C@H]2C1.CCOC(=O)C(C(=O)OCC)=C1C[C@H]2CC(CC)=C[C@@H]12.CCOC(=O)CC(=O)OCC. The number of rotatable bonds is 10. The third-order valence-corrected chi connectivity index (χ3v) is 8.53. The molecule has 1 aliphatic heterocycles. The van der Waals surface area contributed by atoms with Crippen LogP contribution in [0.1, 0.15) is 99.3 Å². The summed E-state index contributed by atoms with van der Waals surface area (Å²) in [4.78, 5) is 56.2. The normalized spacial score (nSPS) is 23.0. The molecule has 4 atom stereocenters. The lowest BCUT2D eigenvalue weighted by Crippen LogP contribution is -2.32. The van der Waals surface area contributed by atoms with Crippen LogP contribution in [-0.4, -0.2) is 69.3 Å². The molecule has 0 bridgehead atoms. The van der Waals surface area contributed by atoms with Crippen LogP contribution in [0.4, 0.5) is 0 Å². The van der Waals surface area contributed by atoms with Crippen molar-refractivity contribution in [2.45, 2.75) is 99.3 Å². The van der Waals surface area contributed by atoms with Crippen LogP contribution in [0.5, 0.6) is 0 Å². The molecule has 0 N–H and O–H groups in total. The molecule has 3 fully saturated rings. The van der Waals surface area contributed by atoms with Gasteiger partial charge in [-0.3, -0.25) is 14.4 Å². The van der Waals surface area contributed by atoms with Gasteiger partial charge in [-0.15, -0.1) is 0 Å². The topological polar surface area (TPSA) is 132 Å². The Hall–Kier alpha value is -3.27. The predicted octanol–water partition coefficient (Wildman–Crippen LogP) is 6.02. The standard InChI is InChI=1S/C16H22O4.C9H12O.C7H12O4.C4H8O/c1-4-10-7-11-9-13(12(11)8-10)14(15(17)19-5-2)16(18)20-6-3;1-2-6-3-7-5-9(10)8(7)4-6;1-3-10-6(8)5-7(9)11-4-2;1-2-4-5-3-1/h8,11-12H,4-7,9H2,1-3H3;4,7-8H,2-3,5H2,1H3;3-5H2,1-2H3;1-4H2/t11-,12-;7-,8-;;/m11../s1. The van der Waals surface area contributed by atoms with Crippen molar-refractivity contribution in [3.63, 3.8) is 0 Å². The smallest absolute Gasteiger partial charge is 0.345 e. The summed E-state index contributed by atoms with van der Waals surface area (Å²) in [5.41, 5.74) is 3.95. The maximum Gasteiger partial charge on any atom is 0.345 e. The molecule has 0 aromatic carbocycles. The highest BCUT2D eigenvalue weighted by Gasteiger charge is 2.44. The van der Waals surface area contributed by atoms with Crippen molar-refractivity contribution in [2.75, 3.05) is 39.6 Å². The molecule has 5 aliphatic rings. The molecular weight excluding hydrogens is 592 g/mol. The summed E-state index contributed by atoms with van der Waals surface area (Å²) in [6.07, 6.45) is 12.8. The van der Waals surface area contributed by atoms with Crippen molar-refractivity contribution < 1.29 is 47.7 Å². The van der Waals surface area contributed by atoms with Gasteiger partial charge in [-0.2, -0.15) is 0 Å². The van der Waals surface area contributed by atoms with E-state index in [1.807, 2.05) is 0 Å². The van der Waals surface area contributed by atoms with E-state index < -0.39 is 23.9 Å². The molecule has 1 saturated heterocycles. The highest BCUT2D eigenvalue weighted by molar-refractivity contribution is 6.15. The number of fused-ring (bicyclic) bond motifs is 2. The van der Waals surface area contributed by atoms with Crippen molar-refractivity contribution in [3.8, 4) is 0 Å². The third-order valence-electron chi connectivity index (χ3n) is 8.53. The van der Waals surface area contributed by atoms with E-state index in [0.29, 0.717) is 23.5 Å². The van der Waals surface area contributed by atoms with Gasteiger partial charge in [0.25, 0.3) is 0 Å². The minimum atomic E-state index is -0.544. The molecule has 0 unspecified atom stereocenters. The second-order valence-corrected chi connectivity index (χ2v) is 11.7. The summed E-state index contributed by atoms with van der Waals surface area (Å²) in [5, 5.41) is 0. The molecule has 2 saturated carbocycles. The van der Waals surface area contributed by atoms with E-state index >= 15 is 0 Å². The molecule has 46 heavy (non-hydrogen) atoms. The zero-order valence-electron chi connectivity index (χ0n) is 28.7. The highest BCUT2D eigenvalue weighted by atomic mass is 16.6. The summed E-state index contributed by atoms with van der Waals surface area (Å²) in [5.74, 6) is 0.144. The number of esters is 4. The van der Waals surface area contributed by atoms with Crippen LogP contribution in [-0.2, 0) is 47.7 Å². The van der Waals surface area contributed by atoms with Crippen LogP contribution in [0.25, 0.3) is 0 Å². The van der Waals surface area contributed by atoms with Crippen molar-refractivity contribution in [1.82, 2.24) is 0 Å². The Morgan fingerprint density at radius 3 is 1.48 bits per heavy atom. The van der Waals surface area contributed by atoms with Gasteiger partial charge in [0.2, 0.25) is 0 Å². The van der Waals surface area contributed by atoms with E-state index in [0.717, 1.165) is 50.9 Å². The number of hydrogen-bond acceptors (Lipinski definition) is 10. The van der Waals surface area contributed by atoms with Crippen molar-refractivity contribution in [3.05, 3.63) is 34.4 Å². The summed E-state index contributed by atoms with van der Waals surface area (Å²) >= 11 is 0. The van der Waals surface area contributed by atoms with E-state index in [1.54, 1.807) is 27.7 Å². The predicted molar refractivity (Wildman–Crippen MR) is 172 cm³/mol. The van der Waals surface area contributed by atoms with Gasteiger partial charge in [0.15, 0.2) is 0 Å². The van der Waals surface area contributed by atoms with Gasteiger partial charge in [0.1, 0.15) is 17.8 Å². The number of allylic oxidation sites excluding steroid dienone is 5. The van der Waals surface area contributed by atoms with Gasteiger partial charge in [-0.25, -0.2) is 9.59 Å². The van der Waals surface area contributed by atoms with Crippen molar-refractivity contribution in [2.24, 2.45) is 23.7 Å². The molecule has 0 radical (unpaired) electrons. The fourth-order valence-electron chi connectivity index (χ4n) is 6.07. The number of hydrogen-bond donors (Lipinski definition) is 0. The molecule has 1 heterocycles. The summed E-state index contributed by atoms with van der Waals surface area (Å²) in [6.45, 7) is 14.2. The zero-order chi connectivity index (χ0) is 34.1. The maximum atomic E-state index is 12.0. The van der Waals surface area contributed by atoms with Gasteiger partial charge in [-0.05, 0) is 90.0 Å². The molecule has 0 spiro atoms. The van der Waals surface area contributed by atoms with Crippen molar-refractivity contribution in [1.29, 1.82) is 0 Å². The van der Waals surface area contributed by atoms with Gasteiger partial charge in [-0.1, -0.05) is 37.1 Å². The second-order valence-electron chi connectivity index (χ2n) is 11.7. The van der Waals surface area contributed by atoms with E-state index in [9.17, 15) is 24.0 Å². The van der Waals surface area contributed by atoms with Crippen LogP contribution in [0.15, 0.2) is 34.4 Å². The molecule has 0 amide bonds.